The van der Waals surface area contributed by atoms with E-state index in [-0.39, 0.29) is 18.9 Å². The van der Waals surface area contributed by atoms with Crippen molar-refractivity contribution in [2.75, 3.05) is 13.1 Å². The zero-order chi connectivity index (χ0) is 9.84. The maximum Gasteiger partial charge on any atom is 0.324 e. The van der Waals surface area contributed by atoms with Crippen LogP contribution in [-0.2, 0) is 9.59 Å². The van der Waals surface area contributed by atoms with E-state index in [2.05, 4.69) is 5.32 Å². The van der Waals surface area contributed by atoms with E-state index in [1.165, 1.54) is 4.90 Å². The van der Waals surface area contributed by atoms with Crippen LogP contribution in [0.5, 0.6) is 0 Å². The Kier molecular flexibility index (Phi) is 2.84. The van der Waals surface area contributed by atoms with Gasteiger partial charge in [-0.05, 0) is 6.42 Å². The molecule has 0 aromatic carbocycles. The zero-order valence-electron chi connectivity index (χ0n) is 7.08. The van der Waals surface area contributed by atoms with Crippen molar-refractivity contribution in [1.82, 2.24) is 10.2 Å². The van der Waals surface area contributed by atoms with Gasteiger partial charge in [-0.25, -0.2) is 4.79 Å². The third-order valence-corrected chi connectivity index (χ3v) is 1.72. The third kappa shape index (κ3) is 2.73. The van der Waals surface area contributed by atoms with E-state index in [9.17, 15) is 14.4 Å². The summed E-state index contributed by atoms with van der Waals surface area (Å²) in [6, 6.07) is -0.394. The molecule has 1 fully saturated rings. The first-order valence-electron chi connectivity index (χ1n) is 3.96. The molecule has 1 aliphatic heterocycles. The average Bonchev–Trinajstić information content (AvgIpc) is 2.29. The second-order valence-electron chi connectivity index (χ2n) is 2.84. The van der Waals surface area contributed by atoms with Gasteiger partial charge in [-0.3, -0.25) is 14.9 Å². The molecule has 0 aliphatic carbocycles. The number of hydrogen-bond donors (Lipinski definition) is 2. The Balaban J connectivity index is 2.26. The monoisotopic (exact) mass is 185 g/mol. The number of carbonyl (C=O) groups excluding carboxylic acids is 3. The lowest BCUT2D eigenvalue weighted by Crippen LogP contribution is -2.29. The molecule has 0 saturated carbocycles. The molecule has 0 atom stereocenters. The summed E-state index contributed by atoms with van der Waals surface area (Å²) in [6.45, 7) is 0.470. The molecule has 0 unspecified atom stereocenters. The summed E-state index contributed by atoms with van der Waals surface area (Å²) in [6.07, 6.45) is 0.730. The van der Waals surface area contributed by atoms with Crippen LogP contribution in [0.3, 0.4) is 0 Å². The largest absolute Gasteiger partial charge is 0.370 e. The molecule has 0 aromatic heterocycles. The van der Waals surface area contributed by atoms with E-state index < -0.39 is 11.9 Å². The first kappa shape index (κ1) is 9.50. The van der Waals surface area contributed by atoms with Gasteiger partial charge in [0.15, 0.2) is 0 Å². The number of primary amides is 1. The second kappa shape index (κ2) is 3.88. The minimum absolute atomic E-state index is 0.0809. The number of rotatable bonds is 4. The Morgan fingerprint density at radius 3 is 2.69 bits per heavy atom. The molecule has 1 heterocycles. The first-order chi connectivity index (χ1) is 6.09. The molecule has 0 aromatic rings. The maximum absolute atomic E-state index is 10.9. The predicted molar refractivity (Wildman–Crippen MR) is 43.5 cm³/mol. The van der Waals surface area contributed by atoms with E-state index in [4.69, 9.17) is 5.73 Å². The minimum atomic E-state index is -0.397. The molecule has 1 rings (SSSR count). The Morgan fingerprint density at radius 2 is 2.23 bits per heavy atom. The van der Waals surface area contributed by atoms with Crippen LogP contribution in [-0.4, -0.2) is 35.8 Å². The standard InChI is InChI=1S/C7H11N3O3/c8-5(11)2-1-3-10-4-6(12)9-7(10)13/h1-4H2,(H2,8,11)(H,9,12,13). The number of nitrogens with one attached hydrogen (secondary N) is 1. The summed E-state index contributed by atoms with van der Waals surface area (Å²) in [5.74, 6) is -0.699. The van der Waals surface area contributed by atoms with Crippen LogP contribution < -0.4 is 11.1 Å². The van der Waals surface area contributed by atoms with Crippen LogP contribution in [0.25, 0.3) is 0 Å². The molecular formula is C7H11N3O3. The summed E-state index contributed by atoms with van der Waals surface area (Å²) in [7, 11) is 0. The number of imide groups is 1. The molecule has 6 nitrogen and oxygen atoms in total. The number of nitrogens with two attached hydrogens (primary N) is 1. The van der Waals surface area contributed by atoms with E-state index in [1.54, 1.807) is 0 Å². The summed E-state index contributed by atoms with van der Waals surface area (Å²) < 4.78 is 0. The molecule has 1 saturated heterocycles. The SMILES string of the molecule is NC(=O)CCCN1CC(=O)NC1=O. The Hall–Kier alpha value is -1.59. The van der Waals surface area contributed by atoms with Crippen molar-refractivity contribution in [2.45, 2.75) is 12.8 Å². The summed E-state index contributed by atoms with van der Waals surface area (Å²) in [4.78, 5) is 33.3. The van der Waals surface area contributed by atoms with Gasteiger partial charge in [0.1, 0.15) is 6.54 Å². The van der Waals surface area contributed by atoms with Gasteiger partial charge in [-0.2, -0.15) is 0 Å². The quantitative estimate of drug-likeness (QED) is 0.539. The lowest BCUT2D eigenvalue weighted by atomic mass is 10.3. The molecule has 4 amide bonds. The van der Waals surface area contributed by atoms with E-state index >= 15 is 0 Å². The van der Waals surface area contributed by atoms with Gasteiger partial charge in [-0.1, -0.05) is 0 Å². The molecule has 0 bridgehead atoms. The zero-order valence-corrected chi connectivity index (χ0v) is 7.08. The van der Waals surface area contributed by atoms with Crippen molar-refractivity contribution in [3.05, 3.63) is 0 Å². The van der Waals surface area contributed by atoms with Crippen LogP contribution in [0, 0.1) is 0 Å². The van der Waals surface area contributed by atoms with Crippen LogP contribution in [0.4, 0.5) is 4.79 Å². The Morgan fingerprint density at radius 1 is 1.54 bits per heavy atom. The van der Waals surface area contributed by atoms with Gasteiger partial charge >= 0.3 is 6.03 Å². The molecule has 72 valence electrons. The van der Waals surface area contributed by atoms with Crippen LogP contribution in [0.2, 0.25) is 0 Å². The van der Waals surface area contributed by atoms with E-state index in [0.717, 1.165) is 0 Å². The molecular weight excluding hydrogens is 174 g/mol. The van der Waals surface area contributed by atoms with Gasteiger partial charge in [0.25, 0.3) is 0 Å². The number of hydrogen-bond acceptors (Lipinski definition) is 3. The van der Waals surface area contributed by atoms with Gasteiger partial charge in [-0.15, -0.1) is 0 Å². The first-order valence-corrected chi connectivity index (χ1v) is 3.96. The normalized spacial score (nSPS) is 16.2. The summed E-state index contributed by atoms with van der Waals surface area (Å²) in [5, 5.41) is 2.14. The Bertz CT molecular complexity index is 251. The smallest absolute Gasteiger partial charge is 0.324 e. The summed E-state index contributed by atoms with van der Waals surface area (Å²) >= 11 is 0. The van der Waals surface area contributed by atoms with Gasteiger partial charge in [0, 0.05) is 13.0 Å². The van der Waals surface area contributed by atoms with Crippen molar-refractivity contribution in [2.24, 2.45) is 5.73 Å². The fraction of sp³-hybridized carbons (Fsp3) is 0.571. The topological polar surface area (TPSA) is 92.5 Å². The molecule has 1 aliphatic rings. The van der Waals surface area contributed by atoms with Crippen LogP contribution >= 0.6 is 0 Å². The lowest BCUT2D eigenvalue weighted by Gasteiger charge is -2.11. The van der Waals surface area contributed by atoms with Crippen LogP contribution in [0.1, 0.15) is 12.8 Å². The molecule has 13 heavy (non-hydrogen) atoms. The second-order valence-corrected chi connectivity index (χ2v) is 2.84. The maximum atomic E-state index is 10.9. The predicted octanol–water partition coefficient (Wildman–Crippen LogP) is -1.20. The fourth-order valence-electron chi connectivity index (χ4n) is 1.11. The molecule has 0 spiro atoms. The molecule has 6 heteroatoms. The highest BCUT2D eigenvalue weighted by Gasteiger charge is 2.25. The lowest BCUT2D eigenvalue weighted by molar-refractivity contribution is -0.118. The van der Waals surface area contributed by atoms with Gasteiger partial charge < -0.3 is 10.6 Å². The fourth-order valence-corrected chi connectivity index (χ4v) is 1.11. The number of nitrogens with zero attached hydrogens (tertiary/aromatic N) is 1. The van der Waals surface area contributed by atoms with Gasteiger partial charge in [0.2, 0.25) is 11.8 Å². The van der Waals surface area contributed by atoms with Crippen molar-refractivity contribution in [3.63, 3.8) is 0 Å². The van der Waals surface area contributed by atoms with Crippen molar-refractivity contribution >= 4 is 17.8 Å². The highest BCUT2D eigenvalue weighted by Crippen LogP contribution is 2.00. The van der Waals surface area contributed by atoms with Crippen molar-refractivity contribution < 1.29 is 14.4 Å². The number of carbonyl (C=O) groups is 3. The molecule has 3 N–H and O–H groups in total. The van der Waals surface area contributed by atoms with Gasteiger partial charge in [0.05, 0.1) is 0 Å². The number of amides is 4. The van der Waals surface area contributed by atoms with Crippen molar-refractivity contribution in [3.8, 4) is 0 Å². The highest BCUT2D eigenvalue weighted by atomic mass is 16.2. The van der Waals surface area contributed by atoms with Crippen molar-refractivity contribution in [1.29, 1.82) is 0 Å². The van der Waals surface area contributed by atoms with Crippen LogP contribution in [0.15, 0.2) is 0 Å². The van der Waals surface area contributed by atoms with E-state index in [0.29, 0.717) is 13.0 Å². The number of urea groups is 1. The molecule has 0 radical (unpaired) electrons. The van der Waals surface area contributed by atoms with E-state index in [1.807, 2.05) is 0 Å². The highest BCUT2D eigenvalue weighted by molar-refractivity contribution is 6.01. The third-order valence-electron chi connectivity index (χ3n) is 1.72. The summed E-state index contributed by atoms with van der Waals surface area (Å²) in [5.41, 5.74) is 4.91. The Labute approximate surface area is 75.1 Å². The minimum Gasteiger partial charge on any atom is -0.370 e. The average molecular weight is 185 g/mol.